The Bertz CT molecular complexity index is 590. The van der Waals surface area contributed by atoms with Crippen molar-refractivity contribution < 1.29 is 19.2 Å². The second-order valence-electron chi connectivity index (χ2n) is 8.33. The first-order chi connectivity index (χ1) is 15.1. The molecule has 0 aromatic heterocycles. The van der Waals surface area contributed by atoms with Crippen LogP contribution in [0.4, 0.5) is 4.79 Å². The summed E-state index contributed by atoms with van der Waals surface area (Å²) in [7, 11) is 0. The number of carbonyl (C=O) groups excluding carboxylic acids is 4. The summed E-state index contributed by atoms with van der Waals surface area (Å²) in [5, 5.41) is 12.3. The first-order valence-electron chi connectivity index (χ1n) is 11.7. The van der Waals surface area contributed by atoms with E-state index in [9.17, 15) is 19.2 Å². The van der Waals surface area contributed by atoms with E-state index in [-0.39, 0.29) is 29.9 Å². The minimum Gasteiger partial charge on any atom is -0.356 e. The standard InChI is InChI=1S/C22H37N4O4S/c27-15-9-2-1-7-13-23-19(28)11-4-3-8-14-24-20(29)12-6-5-10-18-21-17(16-31-18)25-22(30)26-21/h17-18,21H,1-14,16H2,(H,23,28)(H,24,29)(H2,25,26,30)/t17-,18-,21-/m0/s1. The molecule has 8 nitrogen and oxygen atoms in total. The summed E-state index contributed by atoms with van der Waals surface area (Å²) >= 11 is 1.91. The number of rotatable bonds is 17. The van der Waals surface area contributed by atoms with Crippen molar-refractivity contribution in [2.45, 2.75) is 94.4 Å². The highest BCUT2D eigenvalue weighted by molar-refractivity contribution is 8.00. The van der Waals surface area contributed by atoms with E-state index in [1.54, 1.807) is 0 Å². The maximum atomic E-state index is 11.9. The quantitative estimate of drug-likeness (QED) is 0.199. The monoisotopic (exact) mass is 453 g/mol. The van der Waals surface area contributed by atoms with Gasteiger partial charge in [0.1, 0.15) is 0 Å². The zero-order valence-corrected chi connectivity index (χ0v) is 19.2. The average molecular weight is 454 g/mol. The molecule has 0 spiro atoms. The van der Waals surface area contributed by atoms with E-state index in [4.69, 9.17) is 0 Å². The zero-order chi connectivity index (χ0) is 22.3. The smallest absolute Gasteiger partial charge is 0.315 e. The molecule has 0 aromatic rings. The Morgan fingerprint density at radius 3 is 2.23 bits per heavy atom. The van der Waals surface area contributed by atoms with Crippen molar-refractivity contribution in [2.75, 3.05) is 18.8 Å². The van der Waals surface area contributed by atoms with Crippen molar-refractivity contribution in [3.63, 3.8) is 0 Å². The van der Waals surface area contributed by atoms with E-state index in [1.165, 1.54) is 0 Å². The molecule has 0 aliphatic carbocycles. The maximum Gasteiger partial charge on any atom is 0.315 e. The van der Waals surface area contributed by atoms with Crippen molar-refractivity contribution in [1.82, 2.24) is 21.3 Å². The molecular formula is C22H37N4O4S. The molecule has 175 valence electrons. The maximum absolute atomic E-state index is 11.9. The van der Waals surface area contributed by atoms with Crippen molar-refractivity contribution in [1.29, 1.82) is 0 Å². The molecule has 31 heavy (non-hydrogen) atoms. The number of hydrogen-bond acceptors (Lipinski definition) is 5. The molecule has 2 fully saturated rings. The van der Waals surface area contributed by atoms with Gasteiger partial charge in [-0.1, -0.05) is 19.3 Å². The molecule has 4 amide bonds. The van der Waals surface area contributed by atoms with Gasteiger partial charge in [-0.2, -0.15) is 11.8 Å². The molecule has 2 aliphatic heterocycles. The fraction of sp³-hybridized carbons (Fsp3) is 0.818. The van der Waals surface area contributed by atoms with Crippen molar-refractivity contribution >= 4 is 35.9 Å². The molecule has 2 saturated heterocycles. The number of nitrogens with one attached hydrogen (secondary N) is 4. The largest absolute Gasteiger partial charge is 0.356 e. The molecule has 2 rings (SSSR count). The predicted octanol–water partition coefficient (Wildman–Crippen LogP) is 2.18. The Kier molecular flexibility index (Phi) is 12.4. The highest BCUT2D eigenvalue weighted by Crippen LogP contribution is 2.33. The third-order valence-electron chi connectivity index (χ3n) is 5.76. The van der Waals surface area contributed by atoms with Gasteiger partial charge in [0.25, 0.3) is 0 Å². The Balaban J connectivity index is 1.36. The molecule has 0 saturated carbocycles. The average Bonchev–Trinajstić information content (AvgIpc) is 3.29. The number of urea groups is 1. The topological polar surface area (TPSA) is 116 Å². The molecule has 1 radical (unpaired) electrons. The zero-order valence-electron chi connectivity index (χ0n) is 18.4. The fourth-order valence-corrected chi connectivity index (χ4v) is 5.54. The lowest BCUT2D eigenvalue weighted by Gasteiger charge is -2.16. The molecule has 3 atom stereocenters. The lowest BCUT2D eigenvalue weighted by molar-refractivity contribution is -0.122. The highest BCUT2D eigenvalue weighted by atomic mass is 32.2. The van der Waals surface area contributed by atoms with Crippen LogP contribution in [0.15, 0.2) is 0 Å². The van der Waals surface area contributed by atoms with E-state index in [1.807, 2.05) is 18.0 Å². The van der Waals surface area contributed by atoms with E-state index in [2.05, 4.69) is 21.3 Å². The third-order valence-corrected chi connectivity index (χ3v) is 7.27. The highest BCUT2D eigenvalue weighted by Gasteiger charge is 2.42. The number of amides is 4. The predicted molar refractivity (Wildman–Crippen MR) is 123 cm³/mol. The van der Waals surface area contributed by atoms with E-state index < -0.39 is 0 Å². The van der Waals surface area contributed by atoms with Crippen molar-refractivity contribution in [2.24, 2.45) is 0 Å². The normalized spacial score (nSPS) is 21.8. The summed E-state index contributed by atoms with van der Waals surface area (Å²) in [6.07, 6.45) is 11.6. The molecular weight excluding hydrogens is 416 g/mol. The first kappa shape index (κ1) is 25.5. The number of thioether (sulfide) groups is 1. The van der Waals surface area contributed by atoms with Crippen LogP contribution >= 0.6 is 11.8 Å². The summed E-state index contributed by atoms with van der Waals surface area (Å²) in [5.74, 6) is 1.14. The summed E-state index contributed by atoms with van der Waals surface area (Å²) < 4.78 is 0. The second kappa shape index (κ2) is 15.1. The van der Waals surface area contributed by atoms with Gasteiger partial charge in [-0.3, -0.25) is 14.4 Å². The molecule has 9 heteroatoms. The van der Waals surface area contributed by atoms with Gasteiger partial charge < -0.3 is 21.3 Å². The van der Waals surface area contributed by atoms with Crippen molar-refractivity contribution in [3.8, 4) is 0 Å². The number of fused-ring (bicyclic) bond motifs is 1. The van der Waals surface area contributed by atoms with Crippen LogP contribution in [0.2, 0.25) is 0 Å². The Morgan fingerprint density at radius 1 is 0.903 bits per heavy atom. The second-order valence-corrected chi connectivity index (χ2v) is 9.61. The van der Waals surface area contributed by atoms with Crippen LogP contribution in [-0.2, 0) is 14.4 Å². The van der Waals surface area contributed by atoms with E-state index >= 15 is 0 Å². The Labute approximate surface area is 189 Å². The Hall–Kier alpha value is -1.77. The fourth-order valence-electron chi connectivity index (χ4n) is 3.99. The summed E-state index contributed by atoms with van der Waals surface area (Å²) in [6, 6.07) is 0.442. The summed E-state index contributed by atoms with van der Waals surface area (Å²) in [5.41, 5.74) is 0. The van der Waals surface area contributed by atoms with Gasteiger partial charge in [-0.25, -0.2) is 4.79 Å². The van der Waals surface area contributed by atoms with Crippen LogP contribution < -0.4 is 21.3 Å². The van der Waals surface area contributed by atoms with Gasteiger partial charge in [0.05, 0.1) is 12.1 Å². The van der Waals surface area contributed by atoms with E-state index in [0.717, 1.165) is 63.5 Å². The first-order valence-corrected chi connectivity index (χ1v) is 12.7. The minimum atomic E-state index is -0.0540. The number of hydrogen-bond donors (Lipinski definition) is 4. The van der Waals surface area contributed by atoms with Gasteiger partial charge >= 0.3 is 6.03 Å². The minimum absolute atomic E-state index is 0.0540. The molecule has 2 aliphatic rings. The van der Waals surface area contributed by atoms with Gasteiger partial charge in [-0.05, 0) is 38.5 Å². The molecule has 2 heterocycles. The van der Waals surface area contributed by atoms with Gasteiger partial charge in [0.15, 0.2) is 6.29 Å². The SMILES string of the molecule is O=[C]CCCCCNC(=O)CCCCCNC(=O)CCCC[C@@H]1SC[C@@H]2NC(=O)N[C@@H]21. The molecule has 0 bridgehead atoms. The number of carbonyl (C=O) groups is 3. The Morgan fingerprint density at radius 2 is 1.55 bits per heavy atom. The molecule has 0 aromatic carbocycles. The lowest BCUT2D eigenvalue weighted by Crippen LogP contribution is -2.36. The van der Waals surface area contributed by atoms with Gasteiger partial charge in [0, 0.05) is 43.4 Å². The molecule has 4 N–H and O–H groups in total. The van der Waals surface area contributed by atoms with Crippen LogP contribution in [-0.4, -0.2) is 60.3 Å². The van der Waals surface area contributed by atoms with Crippen LogP contribution in [0.3, 0.4) is 0 Å². The molecule has 0 unspecified atom stereocenters. The van der Waals surface area contributed by atoms with E-state index in [0.29, 0.717) is 37.6 Å². The third kappa shape index (κ3) is 10.4. The van der Waals surface area contributed by atoms with Crippen LogP contribution in [0.1, 0.15) is 77.0 Å². The van der Waals surface area contributed by atoms with Crippen LogP contribution in [0.5, 0.6) is 0 Å². The van der Waals surface area contributed by atoms with Crippen LogP contribution in [0, 0.1) is 0 Å². The number of unbranched alkanes of at least 4 members (excludes halogenated alkanes) is 6. The summed E-state index contributed by atoms with van der Waals surface area (Å²) in [4.78, 5) is 45.1. The van der Waals surface area contributed by atoms with Crippen LogP contribution in [0.25, 0.3) is 0 Å². The van der Waals surface area contributed by atoms with Gasteiger partial charge in [-0.15, -0.1) is 0 Å². The summed E-state index contributed by atoms with van der Waals surface area (Å²) in [6.45, 7) is 1.33. The van der Waals surface area contributed by atoms with Gasteiger partial charge in [0.2, 0.25) is 11.8 Å². The van der Waals surface area contributed by atoms with Crippen molar-refractivity contribution in [3.05, 3.63) is 0 Å². The lowest BCUT2D eigenvalue weighted by atomic mass is 10.0.